The van der Waals surface area contributed by atoms with Gasteiger partial charge in [0.1, 0.15) is 17.9 Å². The lowest BCUT2D eigenvalue weighted by Gasteiger charge is -2.19. The number of aromatic nitrogens is 5. The van der Waals surface area contributed by atoms with Crippen LogP contribution in [0, 0.1) is 12.7 Å². The Morgan fingerprint density at radius 1 is 0.600 bits per heavy atom. The zero-order chi connectivity index (χ0) is 38.4. The molecule has 0 fully saturated rings. The first kappa shape index (κ1) is 44.2. The van der Waals surface area contributed by atoms with Crippen molar-refractivity contribution < 1.29 is 8.81 Å². The average molecular weight is 704 g/mol. The summed E-state index contributed by atoms with van der Waals surface area (Å²) in [7, 11) is 0. The predicted octanol–water partition coefficient (Wildman–Crippen LogP) is 12.0. The number of thiazole rings is 1. The third-order valence-corrected chi connectivity index (χ3v) is 7.98. The van der Waals surface area contributed by atoms with Crippen LogP contribution in [0.2, 0.25) is 0 Å². The highest BCUT2D eigenvalue weighted by molar-refractivity contribution is 7.09. The number of aryl methyl sites for hydroxylation is 1. The van der Waals surface area contributed by atoms with Gasteiger partial charge in [0.05, 0.1) is 11.2 Å². The zero-order valence-electron chi connectivity index (χ0n) is 33.5. The molecule has 0 atom stereocenters. The van der Waals surface area contributed by atoms with E-state index in [2.05, 4.69) is 114 Å². The molecular formula is C42H62FN5OS. The van der Waals surface area contributed by atoms with Gasteiger partial charge in [0.25, 0.3) is 0 Å². The van der Waals surface area contributed by atoms with Gasteiger partial charge >= 0.3 is 0 Å². The Balaban J connectivity index is 0.000000313. The van der Waals surface area contributed by atoms with Crippen LogP contribution < -0.4 is 0 Å². The van der Waals surface area contributed by atoms with Gasteiger partial charge in [-0.15, -0.1) is 11.3 Å². The van der Waals surface area contributed by atoms with Crippen LogP contribution in [-0.2, 0) is 27.1 Å². The van der Waals surface area contributed by atoms with E-state index in [0.29, 0.717) is 0 Å². The third-order valence-electron chi connectivity index (χ3n) is 6.78. The number of benzene rings is 1. The van der Waals surface area contributed by atoms with E-state index >= 15 is 0 Å². The Bertz CT molecular complexity index is 1570. The van der Waals surface area contributed by atoms with Crippen LogP contribution in [0.5, 0.6) is 0 Å². The predicted molar refractivity (Wildman–Crippen MR) is 210 cm³/mol. The van der Waals surface area contributed by atoms with Gasteiger partial charge in [-0.1, -0.05) is 128 Å². The van der Waals surface area contributed by atoms with Crippen LogP contribution in [0.1, 0.15) is 137 Å². The standard InChI is InChI=1S/C10H13F.C9H13N.C8H12N2.C8H13NO.C7H11NS/c1-10(2,3)8-6-4-5-7-9(8)11;1-9(2,3)8-6-4-5-7-10-8;1-8(2,3)7-9-5-4-6-10-7;1-6-5-10-7(9-6)8(2,3)4;1-7(2,3)6-4-8-5-9-6/h4-7H,1-3H3;4-7H,1-3H3;4-6H,1-3H3;5H,1-4H3;4-5H,1-3H3. The van der Waals surface area contributed by atoms with E-state index in [9.17, 15) is 4.39 Å². The van der Waals surface area contributed by atoms with Gasteiger partial charge in [-0.2, -0.15) is 0 Å². The van der Waals surface area contributed by atoms with E-state index in [-0.39, 0.29) is 32.9 Å². The number of pyridine rings is 1. The molecule has 8 heteroatoms. The minimum atomic E-state index is -0.111. The second-order valence-electron chi connectivity index (χ2n) is 17.2. The van der Waals surface area contributed by atoms with E-state index in [4.69, 9.17) is 4.42 Å². The summed E-state index contributed by atoms with van der Waals surface area (Å²) in [5.74, 6) is 1.60. The molecule has 0 aliphatic carbocycles. The van der Waals surface area contributed by atoms with Crippen molar-refractivity contribution in [2.75, 3.05) is 0 Å². The fourth-order valence-corrected chi connectivity index (χ4v) is 4.56. The number of hydrogen-bond acceptors (Lipinski definition) is 7. The van der Waals surface area contributed by atoms with Gasteiger partial charge in [-0.25, -0.2) is 19.3 Å². The smallest absolute Gasteiger partial charge is 0.199 e. The number of oxazole rings is 1. The van der Waals surface area contributed by atoms with Gasteiger partial charge in [-0.05, 0) is 47.6 Å². The lowest BCUT2D eigenvalue weighted by Crippen LogP contribution is -2.14. The van der Waals surface area contributed by atoms with Gasteiger partial charge < -0.3 is 4.42 Å². The van der Waals surface area contributed by atoms with Crippen molar-refractivity contribution in [1.82, 2.24) is 24.9 Å². The topological polar surface area (TPSA) is 77.6 Å². The summed E-state index contributed by atoms with van der Waals surface area (Å²) in [6.45, 7) is 33.6. The second-order valence-corrected chi connectivity index (χ2v) is 18.1. The minimum absolute atomic E-state index is 0.0360. The lowest BCUT2D eigenvalue weighted by atomic mass is 9.87. The third kappa shape index (κ3) is 17.2. The summed E-state index contributed by atoms with van der Waals surface area (Å²) in [4.78, 5) is 22.1. The van der Waals surface area contributed by atoms with Crippen molar-refractivity contribution >= 4 is 11.3 Å². The molecule has 50 heavy (non-hydrogen) atoms. The first-order valence-corrected chi connectivity index (χ1v) is 18.0. The van der Waals surface area contributed by atoms with Crippen LogP contribution >= 0.6 is 11.3 Å². The van der Waals surface area contributed by atoms with E-state index in [0.717, 1.165) is 28.7 Å². The second kappa shape index (κ2) is 19.0. The largest absolute Gasteiger partial charge is 0.448 e. The SMILES string of the molecule is CC(C)(C)c1ccccc1F.CC(C)(C)c1ccccn1.CC(C)(C)c1cncs1.CC(C)(C)c1ncccn1.Cc1coc(C(C)(C)C)n1. The summed E-state index contributed by atoms with van der Waals surface area (Å²) in [5.41, 5.74) is 5.23. The molecule has 5 aromatic rings. The quantitative estimate of drug-likeness (QED) is 0.160. The zero-order valence-corrected chi connectivity index (χ0v) is 34.3. The lowest BCUT2D eigenvalue weighted by molar-refractivity contribution is 0.392. The maximum absolute atomic E-state index is 13.1. The Morgan fingerprint density at radius 3 is 1.44 bits per heavy atom. The fourth-order valence-electron chi connectivity index (χ4n) is 3.85. The fraction of sp³-hybridized carbons (Fsp3) is 0.500. The Morgan fingerprint density at radius 2 is 1.16 bits per heavy atom. The summed E-state index contributed by atoms with van der Waals surface area (Å²) in [6.07, 6.45) is 8.99. The van der Waals surface area contributed by atoms with Gasteiger partial charge in [0, 0.05) is 51.6 Å². The molecule has 6 nitrogen and oxygen atoms in total. The first-order valence-electron chi connectivity index (χ1n) is 17.1. The molecule has 0 bridgehead atoms. The highest BCUT2D eigenvalue weighted by atomic mass is 32.1. The molecule has 0 aliphatic heterocycles. The molecule has 0 unspecified atom stereocenters. The van der Waals surface area contributed by atoms with Gasteiger partial charge in [0.2, 0.25) is 0 Å². The first-order chi connectivity index (χ1) is 22.8. The van der Waals surface area contributed by atoms with E-state index < -0.39 is 0 Å². The van der Waals surface area contributed by atoms with Crippen molar-refractivity contribution in [3.63, 3.8) is 0 Å². The van der Waals surface area contributed by atoms with Crippen LogP contribution in [0.25, 0.3) is 0 Å². The van der Waals surface area contributed by atoms with Crippen LogP contribution in [0.15, 0.2) is 89.5 Å². The van der Waals surface area contributed by atoms with Crippen LogP contribution in [0.3, 0.4) is 0 Å². The van der Waals surface area contributed by atoms with Crippen molar-refractivity contribution in [3.8, 4) is 0 Å². The Kier molecular flexibility index (Phi) is 16.8. The van der Waals surface area contributed by atoms with Crippen LogP contribution in [-0.4, -0.2) is 24.9 Å². The minimum Gasteiger partial charge on any atom is -0.448 e. The molecule has 274 valence electrons. The average Bonchev–Trinajstić information content (AvgIpc) is 3.71. The van der Waals surface area contributed by atoms with E-state index in [1.165, 1.54) is 10.9 Å². The molecule has 4 aromatic heterocycles. The molecule has 0 amide bonds. The Hall–Kier alpha value is -3.78. The molecule has 1 aromatic carbocycles. The van der Waals surface area contributed by atoms with Crippen molar-refractivity contribution in [1.29, 1.82) is 0 Å². The molecule has 0 radical (unpaired) electrons. The number of halogens is 1. The molecule has 0 aliphatic rings. The number of nitrogens with zero attached hydrogens (tertiary/aromatic N) is 5. The van der Waals surface area contributed by atoms with Crippen molar-refractivity contribution in [2.45, 2.75) is 138 Å². The summed E-state index contributed by atoms with van der Waals surface area (Å²) < 4.78 is 18.3. The molecule has 4 heterocycles. The summed E-state index contributed by atoms with van der Waals surface area (Å²) >= 11 is 1.72. The van der Waals surface area contributed by atoms with Gasteiger partial charge in [-0.3, -0.25) is 9.97 Å². The highest BCUT2D eigenvalue weighted by Gasteiger charge is 2.19. The molecule has 0 spiro atoms. The number of hydrogen-bond donors (Lipinski definition) is 0. The van der Waals surface area contributed by atoms with Crippen molar-refractivity contribution in [3.05, 3.63) is 124 Å². The normalized spacial score (nSPS) is 11.7. The van der Waals surface area contributed by atoms with E-state index in [1.807, 2.05) is 75.9 Å². The van der Waals surface area contributed by atoms with E-state index in [1.54, 1.807) is 36.1 Å². The van der Waals surface area contributed by atoms with Crippen LogP contribution in [0.4, 0.5) is 4.39 Å². The molecular weight excluding hydrogens is 642 g/mol. The summed E-state index contributed by atoms with van der Waals surface area (Å²) in [5, 5.41) is 0. The maximum atomic E-state index is 13.1. The maximum Gasteiger partial charge on any atom is 0.199 e. The monoisotopic (exact) mass is 703 g/mol. The summed E-state index contributed by atoms with van der Waals surface area (Å²) in [6, 6.07) is 14.8. The molecule has 0 saturated heterocycles. The molecule has 0 saturated carbocycles. The number of rotatable bonds is 0. The highest BCUT2D eigenvalue weighted by Crippen LogP contribution is 2.25. The Labute approximate surface area is 306 Å². The van der Waals surface area contributed by atoms with Crippen molar-refractivity contribution in [2.24, 2.45) is 0 Å². The van der Waals surface area contributed by atoms with Gasteiger partial charge in [0.15, 0.2) is 5.89 Å². The molecule has 0 N–H and O–H groups in total. The molecule has 5 rings (SSSR count).